The zero-order valence-electron chi connectivity index (χ0n) is 47.9. The first-order valence-electron chi connectivity index (χ1n) is 29.6. The molecule has 0 bridgehead atoms. The quantitative estimate of drug-likeness (QED) is 0.148. The molecule has 0 amide bonds. The Labute approximate surface area is 479 Å². The van der Waals surface area contributed by atoms with E-state index in [0.717, 1.165) is 31.4 Å². The van der Waals surface area contributed by atoms with Gasteiger partial charge in [-0.15, -0.1) is 0 Å². The van der Waals surface area contributed by atoms with Gasteiger partial charge in [0.15, 0.2) is 0 Å². The van der Waals surface area contributed by atoms with Crippen LogP contribution in [0.25, 0.3) is 44.5 Å². The molecule has 5 aliphatic rings. The molecular formula is C76H69BN4. The van der Waals surface area contributed by atoms with E-state index in [1.165, 1.54) is 136 Å². The highest BCUT2D eigenvalue weighted by Crippen LogP contribution is 2.62. The summed E-state index contributed by atoms with van der Waals surface area (Å²) in [6, 6.07) is 79.3. The molecule has 81 heavy (non-hydrogen) atoms. The summed E-state index contributed by atoms with van der Waals surface area (Å²) in [5.41, 5.74) is 29.2. The van der Waals surface area contributed by atoms with Crippen molar-refractivity contribution >= 4 is 68.6 Å². The van der Waals surface area contributed by atoms with Gasteiger partial charge in [-0.3, -0.25) is 4.98 Å². The largest absolute Gasteiger partial charge is 0.334 e. The molecule has 0 radical (unpaired) electrons. The van der Waals surface area contributed by atoms with Crippen LogP contribution in [0, 0.1) is 5.41 Å². The number of benzene rings is 9. The van der Waals surface area contributed by atoms with Crippen molar-refractivity contribution < 1.29 is 0 Å². The van der Waals surface area contributed by atoms with Crippen molar-refractivity contribution in [3.05, 3.63) is 241 Å². The Morgan fingerprint density at radius 3 is 1.65 bits per heavy atom. The summed E-state index contributed by atoms with van der Waals surface area (Å²) in [4.78, 5) is 12.6. The topological polar surface area (TPSA) is 22.6 Å². The van der Waals surface area contributed by atoms with Crippen molar-refractivity contribution in [2.75, 3.05) is 14.7 Å². The lowest BCUT2D eigenvalue weighted by Gasteiger charge is -2.51. The van der Waals surface area contributed by atoms with Crippen LogP contribution in [-0.2, 0) is 23.7 Å². The normalized spacial score (nSPS) is 19.1. The third-order valence-electron chi connectivity index (χ3n) is 19.6. The number of nitrogens with zero attached hydrogens (tertiary/aromatic N) is 4. The molecule has 2 aliphatic carbocycles. The standard InChI is InChI=1S/C76H69BN4/c1-73(2,3)59-29-34-66(62(45-59)54-23-15-10-16-24-54)80-69-44-58-49-74(4,5)48-57(58)43-65(69)77-64-42-56(51-21-13-9-14-22-51)28-33-68(64)79(60-30-25-52(26-31-60)50-19-11-8-12-20-50)70-46-61(47-71(80)72(70)77)81-67-32-27-55(53-35-39-78-40-36-53)41-63(67)75(6)37-17-18-38-76(75,81)7/h8-16,19-36,39-47H,17-18,37-38,48-49H2,1-7H3. The zero-order valence-corrected chi connectivity index (χ0v) is 47.9. The summed E-state index contributed by atoms with van der Waals surface area (Å²) in [7, 11) is 0. The van der Waals surface area contributed by atoms with Gasteiger partial charge < -0.3 is 14.7 Å². The second kappa shape index (κ2) is 18.3. The maximum absolute atomic E-state index is 4.41. The Balaban J connectivity index is 1.06. The number of hydrogen-bond acceptors (Lipinski definition) is 4. The van der Waals surface area contributed by atoms with E-state index in [1.807, 2.05) is 12.4 Å². The highest BCUT2D eigenvalue weighted by atomic mass is 15.3. The first kappa shape index (κ1) is 49.6. The van der Waals surface area contributed by atoms with Gasteiger partial charge in [-0.1, -0.05) is 188 Å². The Kier molecular flexibility index (Phi) is 11.2. The molecule has 9 aromatic carbocycles. The predicted molar refractivity (Wildman–Crippen MR) is 343 cm³/mol. The smallest absolute Gasteiger partial charge is 0.252 e. The summed E-state index contributed by atoms with van der Waals surface area (Å²) in [6.07, 6.45) is 10.6. The van der Waals surface area contributed by atoms with E-state index in [9.17, 15) is 0 Å². The van der Waals surface area contributed by atoms with Crippen LogP contribution in [0.3, 0.4) is 0 Å². The highest BCUT2D eigenvalue weighted by Gasteiger charge is 2.58. The third kappa shape index (κ3) is 7.82. The fourth-order valence-corrected chi connectivity index (χ4v) is 15.4. The SMILES string of the molecule is CC1(C)Cc2cc3c(cc2C1)N(c1ccc(C(C)(C)C)cc1-c1ccccc1)c1cc(N2c4ccc(-c5ccncc5)cc4C4(C)CCCCC24C)cc2c1B3c1cc(-c3ccccc3)ccc1N2c1ccc(-c2ccccc2)cc1. The molecule has 3 aliphatic heterocycles. The predicted octanol–water partition coefficient (Wildman–Crippen LogP) is 18.0. The molecule has 15 rings (SSSR count). The van der Waals surface area contributed by atoms with Crippen LogP contribution in [0.1, 0.15) is 96.4 Å². The minimum atomic E-state index is -0.211. The number of anilines is 8. The average Bonchev–Trinajstić information content (AvgIpc) is 2.60. The molecule has 0 spiro atoms. The molecule has 396 valence electrons. The van der Waals surface area contributed by atoms with Crippen LogP contribution in [0.4, 0.5) is 45.5 Å². The molecule has 0 N–H and O–H groups in total. The number of hydrogen-bond donors (Lipinski definition) is 0. The van der Waals surface area contributed by atoms with E-state index >= 15 is 0 Å². The van der Waals surface area contributed by atoms with Gasteiger partial charge in [0.05, 0.1) is 11.2 Å². The third-order valence-corrected chi connectivity index (χ3v) is 19.6. The van der Waals surface area contributed by atoms with E-state index in [2.05, 4.69) is 274 Å². The van der Waals surface area contributed by atoms with Crippen LogP contribution in [0.5, 0.6) is 0 Å². The van der Waals surface area contributed by atoms with Crippen molar-refractivity contribution in [3.63, 3.8) is 0 Å². The van der Waals surface area contributed by atoms with Crippen LogP contribution in [0.15, 0.2) is 219 Å². The summed E-state index contributed by atoms with van der Waals surface area (Å²) in [6.45, 7) is 17.1. The van der Waals surface area contributed by atoms with Crippen molar-refractivity contribution in [2.45, 2.75) is 103 Å². The fourth-order valence-electron chi connectivity index (χ4n) is 15.4. The lowest BCUT2D eigenvalue weighted by Crippen LogP contribution is -2.61. The number of rotatable bonds is 7. The van der Waals surface area contributed by atoms with Crippen molar-refractivity contribution in [2.24, 2.45) is 5.41 Å². The first-order valence-corrected chi connectivity index (χ1v) is 29.6. The highest BCUT2D eigenvalue weighted by molar-refractivity contribution is 7.00. The van der Waals surface area contributed by atoms with Gasteiger partial charge in [0.2, 0.25) is 0 Å². The summed E-state index contributed by atoms with van der Waals surface area (Å²) >= 11 is 0. The van der Waals surface area contributed by atoms with Crippen molar-refractivity contribution in [1.29, 1.82) is 0 Å². The van der Waals surface area contributed by atoms with E-state index in [-0.39, 0.29) is 28.5 Å². The molecule has 4 heterocycles. The molecule has 1 fully saturated rings. The second-order valence-corrected chi connectivity index (χ2v) is 26.2. The molecular weight excluding hydrogens is 980 g/mol. The summed E-state index contributed by atoms with van der Waals surface area (Å²) in [5.74, 6) is 0. The van der Waals surface area contributed by atoms with E-state index in [1.54, 1.807) is 0 Å². The van der Waals surface area contributed by atoms with Crippen molar-refractivity contribution in [1.82, 2.24) is 4.98 Å². The Hall–Kier alpha value is -8.41. The molecule has 0 saturated heterocycles. The van der Waals surface area contributed by atoms with Crippen LogP contribution in [-0.4, -0.2) is 17.2 Å². The maximum atomic E-state index is 4.41. The number of fused-ring (bicyclic) bond motifs is 8. The lowest BCUT2D eigenvalue weighted by molar-refractivity contribution is 0.195. The maximum Gasteiger partial charge on any atom is 0.252 e. The van der Waals surface area contributed by atoms with Crippen molar-refractivity contribution in [3.8, 4) is 44.5 Å². The lowest BCUT2D eigenvalue weighted by atomic mass is 9.33. The molecule has 4 nitrogen and oxygen atoms in total. The molecule has 2 atom stereocenters. The van der Waals surface area contributed by atoms with Gasteiger partial charge in [-0.2, -0.15) is 0 Å². The molecule has 2 unspecified atom stereocenters. The van der Waals surface area contributed by atoms with Gasteiger partial charge in [0, 0.05) is 63.2 Å². The van der Waals surface area contributed by atoms with Gasteiger partial charge in [-0.05, 0) is 194 Å². The fraction of sp³-hybridized carbons (Fsp3) is 0.224. The van der Waals surface area contributed by atoms with E-state index < -0.39 is 0 Å². The first-order chi connectivity index (χ1) is 39.2. The molecule has 1 aromatic heterocycles. The summed E-state index contributed by atoms with van der Waals surface area (Å²) in [5, 5.41) is 0. The van der Waals surface area contributed by atoms with Crippen LogP contribution < -0.4 is 31.1 Å². The van der Waals surface area contributed by atoms with E-state index in [4.69, 9.17) is 0 Å². The van der Waals surface area contributed by atoms with Gasteiger partial charge in [-0.25, -0.2) is 0 Å². The monoisotopic (exact) mass is 1050 g/mol. The van der Waals surface area contributed by atoms with E-state index in [0.29, 0.717) is 0 Å². The zero-order chi connectivity index (χ0) is 55.0. The summed E-state index contributed by atoms with van der Waals surface area (Å²) < 4.78 is 0. The second-order valence-electron chi connectivity index (χ2n) is 26.2. The Morgan fingerprint density at radius 2 is 0.975 bits per heavy atom. The Bertz CT molecular complexity index is 4110. The number of aromatic nitrogens is 1. The van der Waals surface area contributed by atoms with Crippen LogP contribution >= 0.6 is 0 Å². The minimum absolute atomic E-state index is 0.0545. The van der Waals surface area contributed by atoms with Gasteiger partial charge >= 0.3 is 0 Å². The molecule has 1 saturated carbocycles. The van der Waals surface area contributed by atoms with Gasteiger partial charge in [0.1, 0.15) is 0 Å². The van der Waals surface area contributed by atoms with Crippen LogP contribution in [0.2, 0.25) is 0 Å². The Morgan fingerprint density at radius 1 is 0.432 bits per heavy atom. The minimum Gasteiger partial charge on any atom is -0.334 e. The molecule has 5 heteroatoms. The number of pyridine rings is 1. The molecule has 10 aromatic rings. The van der Waals surface area contributed by atoms with Gasteiger partial charge in [0.25, 0.3) is 6.71 Å². The average molecular weight is 1050 g/mol.